The van der Waals surface area contributed by atoms with Gasteiger partial charge in [-0.15, -0.1) is 0 Å². The maximum Gasteiger partial charge on any atom is 0.159 e. The fourth-order valence-electron chi connectivity index (χ4n) is 2.14. The summed E-state index contributed by atoms with van der Waals surface area (Å²) in [5, 5.41) is 6.44. The number of rotatable bonds is 8. The van der Waals surface area contributed by atoms with Crippen molar-refractivity contribution in [3.63, 3.8) is 0 Å². The second kappa shape index (κ2) is 8.24. The summed E-state index contributed by atoms with van der Waals surface area (Å²) >= 11 is 0. The van der Waals surface area contributed by atoms with E-state index in [1.54, 1.807) is 20.3 Å². The SMILES string of the molecule is COc1ccc(Nc2ncnc(NCCC(C)C)c2N)c(OC)c1. The maximum absolute atomic E-state index is 6.18. The molecule has 0 saturated carbocycles. The number of nitrogen functional groups attached to an aromatic ring is 1. The Morgan fingerprint density at radius 1 is 1.12 bits per heavy atom. The topological polar surface area (TPSA) is 94.3 Å². The lowest BCUT2D eigenvalue weighted by molar-refractivity contribution is 0.395. The third kappa shape index (κ3) is 4.41. The molecule has 7 nitrogen and oxygen atoms in total. The molecule has 0 bridgehead atoms. The van der Waals surface area contributed by atoms with Crippen molar-refractivity contribution in [2.75, 3.05) is 37.1 Å². The first-order chi connectivity index (χ1) is 11.5. The van der Waals surface area contributed by atoms with Crippen molar-refractivity contribution in [2.24, 2.45) is 5.92 Å². The van der Waals surface area contributed by atoms with Gasteiger partial charge in [-0.2, -0.15) is 0 Å². The third-order valence-electron chi connectivity index (χ3n) is 3.56. The largest absolute Gasteiger partial charge is 0.497 e. The molecule has 0 amide bonds. The van der Waals surface area contributed by atoms with Gasteiger partial charge in [0.1, 0.15) is 23.5 Å². The standard InChI is InChI=1S/C17H25N5O2/c1-11(2)7-8-19-16-15(18)17(21-10-20-16)22-13-6-5-12(23-3)9-14(13)24-4/h5-6,9-11H,7-8,18H2,1-4H3,(H2,19,20,21,22). The van der Waals surface area contributed by atoms with E-state index in [0.717, 1.165) is 18.7 Å². The summed E-state index contributed by atoms with van der Waals surface area (Å²) in [6, 6.07) is 5.48. The smallest absolute Gasteiger partial charge is 0.159 e. The molecule has 24 heavy (non-hydrogen) atoms. The molecule has 0 atom stereocenters. The first kappa shape index (κ1) is 17.7. The Kier molecular flexibility index (Phi) is 6.06. The zero-order valence-electron chi connectivity index (χ0n) is 14.6. The summed E-state index contributed by atoms with van der Waals surface area (Å²) in [5.74, 6) is 3.12. The van der Waals surface area contributed by atoms with Gasteiger partial charge < -0.3 is 25.8 Å². The Morgan fingerprint density at radius 3 is 2.54 bits per heavy atom. The molecule has 1 aromatic carbocycles. The number of nitrogens with two attached hydrogens (primary N) is 1. The molecule has 130 valence electrons. The van der Waals surface area contributed by atoms with Gasteiger partial charge in [0.2, 0.25) is 0 Å². The van der Waals surface area contributed by atoms with Crippen LogP contribution in [0, 0.1) is 5.92 Å². The monoisotopic (exact) mass is 331 g/mol. The Bertz CT molecular complexity index is 676. The van der Waals surface area contributed by atoms with Crippen LogP contribution in [0.2, 0.25) is 0 Å². The number of methoxy groups -OCH3 is 2. The Morgan fingerprint density at radius 2 is 1.88 bits per heavy atom. The van der Waals surface area contributed by atoms with E-state index in [0.29, 0.717) is 34.7 Å². The van der Waals surface area contributed by atoms with Crippen molar-refractivity contribution in [3.05, 3.63) is 24.5 Å². The summed E-state index contributed by atoms with van der Waals surface area (Å²) in [5.41, 5.74) is 7.40. The van der Waals surface area contributed by atoms with E-state index in [-0.39, 0.29) is 0 Å². The van der Waals surface area contributed by atoms with Crippen LogP contribution < -0.4 is 25.8 Å². The lowest BCUT2D eigenvalue weighted by atomic mass is 10.1. The average Bonchev–Trinajstić information content (AvgIpc) is 2.58. The predicted molar refractivity (Wildman–Crippen MR) is 97.2 cm³/mol. The van der Waals surface area contributed by atoms with Crippen molar-refractivity contribution in [1.29, 1.82) is 0 Å². The van der Waals surface area contributed by atoms with Gasteiger partial charge in [0.25, 0.3) is 0 Å². The van der Waals surface area contributed by atoms with E-state index in [1.807, 2.05) is 12.1 Å². The first-order valence-electron chi connectivity index (χ1n) is 7.88. The van der Waals surface area contributed by atoms with E-state index in [1.165, 1.54) is 6.33 Å². The highest BCUT2D eigenvalue weighted by Crippen LogP contribution is 2.33. The number of nitrogens with zero attached hydrogens (tertiary/aromatic N) is 2. The van der Waals surface area contributed by atoms with Gasteiger partial charge in [-0.3, -0.25) is 0 Å². The zero-order valence-corrected chi connectivity index (χ0v) is 14.6. The van der Waals surface area contributed by atoms with Crippen LogP contribution in [0.4, 0.5) is 23.0 Å². The second-order valence-corrected chi connectivity index (χ2v) is 5.79. The predicted octanol–water partition coefficient (Wildman–Crippen LogP) is 3.28. The van der Waals surface area contributed by atoms with Crippen LogP contribution in [0.25, 0.3) is 0 Å². The van der Waals surface area contributed by atoms with E-state index < -0.39 is 0 Å². The highest BCUT2D eigenvalue weighted by Gasteiger charge is 2.11. The van der Waals surface area contributed by atoms with E-state index >= 15 is 0 Å². The molecule has 1 heterocycles. The molecule has 0 aliphatic heterocycles. The molecule has 0 spiro atoms. The number of aromatic nitrogens is 2. The maximum atomic E-state index is 6.18. The number of benzene rings is 1. The zero-order chi connectivity index (χ0) is 17.5. The molecule has 0 saturated heterocycles. The Labute approximate surface area is 142 Å². The molecule has 2 aromatic rings. The quantitative estimate of drug-likeness (QED) is 0.683. The molecule has 1 aromatic heterocycles. The lowest BCUT2D eigenvalue weighted by Crippen LogP contribution is -2.10. The van der Waals surface area contributed by atoms with Crippen LogP contribution in [-0.4, -0.2) is 30.7 Å². The minimum atomic E-state index is 0.471. The molecule has 4 N–H and O–H groups in total. The van der Waals surface area contributed by atoms with Crippen LogP contribution in [0.15, 0.2) is 24.5 Å². The van der Waals surface area contributed by atoms with Crippen molar-refractivity contribution in [1.82, 2.24) is 9.97 Å². The summed E-state index contributed by atoms with van der Waals surface area (Å²) in [4.78, 5) is 8.43. The number of anilines is 4. The van der Waals surface area contributed by atoms with Crippen LogP contribution >= 0.6 is 0 Å². The molecule has 0 aliphatic rings. The Hall–Kier alpha value is -2.70. The average molecular weight is 331 g/mol. The number of hydrogen-bond donors (Lipinski definition) is 3. The van der Waals surface area contributed by atoms with E-state index in [2.05, 4.69) is 34.4 Å². The normalized spacial score (nSPS) is 10.5. The lowest BCUT2D eigenvalue weighted by Gasteiger charge is -2.15. The van der Waals surface area contributed by atoms with Gasteiger partial charge in [0, 0.05) is 12.6 Å². The van der Waals surface area contributed by atoms with E-state index in [9.17, 15) is 0 Å². The molecule has 2 rings (SSSR count). The molecular formula is C17H25N5O2. The van der Waals surface area contributed by atoms with Crippen LogP contribution in [0.3, 0.4) is 0 Å². The molecule has 0 radical (unpaired) electrons. The molecule has 0 unspecified atom stereocenters. The third-order valence-corrected chi connectivity index (χ3v) is 3.56. The number of ether oxygens (including phenoxy) is 2. The van der Waals surface area contributed by atoms with Gasteiger partial charge in [-0.25, -0.2) is 9.97 Å². The summed E-state index contributed by atoms with van der Waals surface area (Å²) in [6.45, 7) is 5.16. The first-order valence-corrected chi connectivity index (χ1v) is 7.88. The van der Waals surface area contributed by atoms with Gasteiger partial charge in [0.05, 0.1) is 19.9 Å². The summed E-state index contributed by atoms with van der Waals surface area (Å²) < 4.78 is 10.6. The van der Waals surface area contributed by atoms with E-state index in [4.69, 9.17) is 15.2 Å². The van der Waals surface area contributed by atoms with Crippen LogP contribution in [-0.2, 0) is 0 Å². The number of hydrogen-bond acceptors (Lipinski definition) is 7. The Balaban J connectivity index is 2.18. The number of nitrogens with one attached hydrogen (secondary N) is 2. The van der Waals surface area contributed by atoms with Gasteiger partial charge in [0.15, 0.2) is 11.6 Å². The highest BCUT2D eigenvalue weighted by molar-refractivity contribution is 5.79. The molecule has 0 aliphatic carbocycles. The molecular weight excluding hydrogens is 306 g/mol. The van der Waals surface area contributed by atoms with Crippen LogP contribution in [0.1, 0.15) is 20.3 Å². The minimum absolute atomic E-state index is 0.471. The van der Waals surface area contributed by atoms with Crippen molar-refractivity contribution < 1.29 is 9.47 Å². The van der Waals surface area contributed by atoms with Crippen molar-refractivity contribution in [2.45, 2.75) is 20.3 Å². The molecule has 7 heteroatoms. The summed E-state index contributed by atoms with van der Waals surface area (Å²) in [6.07, 6.45) is 2.52. The highest BCUT2D eigenvalue weighted by atomic mass is 16.5. The fraction of sp³-hybridized carbons (Fsp3) is 0.412. The van der Waals surface area contributed by atoms with Crippen LogP contribution in [0.5, 0.6) is 11.5 Å². The second-order valence-electron chi connectivity index (χ2n) is 5.79. The van der Waals surface area contributed by atoms with Gasteiger partial charge in [-0.05, 0) is 24.5 Å². The molecule has 0 fully saturated rings. The van der Waals surface area contributed by atoms with Gasteiger partial charge in [-0.1, -0.05) is 13.8 Å². The summed E-state index contributed by atoms with van der Waals surface area (Å²) in [7, 11) is 3.21. The van der Waals surface area contributed by atoms with Crippen molar-refractivity contribution >= 4 is 23.0 Å². The van der Waals surface area contributed by atoms with Crippen molar-refractivity contribution in [3.8, 4) is 11.5 Å². The van der Waals surface area contributed by atoms with Gasteiger partial charge >= 0.3 is 0 Å². The minimum Gasteiger partial charge on any atom is -0.497 e. The fourth-order valence-corrected chi connectivity index (χ4v) is 2.14.